The molecule has 8 heteroatoms. The van der Waals surface area contributed by atoms with E-state index in [1.54, 1.807) is 6.92 Å². The molecule has 4 rings (SSSR count). The van der Waals surface area contributed by atoms with E-state index in [0.29, 0.717) is 31.8 Å². The van der Waals surface area contributed by atoms with Gasteiger partial charge in [-0.05, 0) is 29.7 Å². The van der Waals surface area contributed by atoms with Crippen LogP contribution in [0.5, 0.6) is 5.75 Å². The zero-order valence-corrected chi connectivity index (χ0v) is 17.6. The molecule has 0 saturated heterocycles. The lowest BCUT2D eigenvalue weighted by Gasteiger charge is -2.25. The van der Waals surface area contributed by atoms with Crippen molar-refractivity contribution in [3.05, 3.63) is 76.6 Å². The topological polar surface area (TPSA) is 81.8 Å². The highest BCUT2D eigenvalue weighted by molar-refractivity contribution is 7.89. The van der Waals surface area contributed by atoms with E-state index in [1.807, 2.05) is 47.3 Å². The first-order valence-corrected chi connectivity index (χ1v) is 11.5. The molecule has 30 heavy (non-hydrogen) atoms. The van der Waals surface area contributed by atoms with E-state index in [2.05, 4.69) is 0 Å². The van der Waals surface area contributed by atoms with E-state index < -0.39 is 10.0 Å². The molecule has 0 saturated carbocycles. The molecular formula is C22H24N2O5S. The van der Waals surface area contributed by atoms with Crippen molar-refractivity contribution in [2.45, 2.75) is 19.9 Å². The van der Waals surface area contributed by atoms with Crippen molar-refractivity contribution < 1.29 is 17.6 Å². The summed E-state index contributed by atoms with van der Waals surface area (Å²) in [4.78, 5) is 12.4. The van der Waals surface area contributed by atoms with Gasteiger partial charge in [0.1, 0.15) is 18.6 Å². The molecule has 3 heterocycles. The maximum Gasteiger partial charge on any atom is 0.227 e. The van der Waals surface area contributed by atoms with Crippen LogP contribution in [0.25, 0.3) is 10.8 Å². The summed E-state index contributed by atoms with van der Waals surface area (Å²) in [6.45, 7) is 3.11. The molecule has 1 aromatic carbocycles. The van der Waals surface area contributed by atoms with Gasteiger partial charge in [0.25, 0.3) is 0 Å². The summed E-state index contributed by atoms with van der Waals surface area (Å²) in [5.41, 5.74) is 0.736. The van der Waals surface area contributed by atoms with Crippen LogP contribution in [0.4, 0.5) is 0 Å². The van der Waals surface area contributed by atoms with E-state index in [4.69, 9.17) is 9.15 Å². The standard InChI is InChI=1S/C22H24N2O5S/c1-2-30(26,27)24-9-7-17(8-10-24)15-29-22-16-28-20(11-21(22)25)14-23-12-18-5-3-4-6-19(18)13-23/h3-7,11-13,16H,2,8-10,14-15H2,1H3. The first kappa shape index (κ1) is 20.4. The largest absolute Gasteiger partial charge is 0.482 e. The predicted molar refractivity (Wildman–Crippen MR) is 115 cm³/mol. The van der Waals surface area contributed by atoms with E-state index in [1.165, 1.54) is 16.6 Å². The summed E-state index contributed by atoms with van der Waals surface area (Å²) in [6.07, 6.45) is 7.81. The lowest BCUT2D eigenvalue weighted by atomic mass is 10.1. The predicted octanol–water partition coefficient (Wildman–Crippen LogP) is 3.00. The van der Waals surface area contributed by atoms with Gasteiger partial charge < -0.3 is 13.7 Å². The highest BCUT2D eigenvalue weighted by Crippen LogP contribution is 2.18. The Morgan fingerprint density at radius 2 is 1.90 bits per heavy atom. The molecule has 7 nitrogen and oxygen atoms in total. The number of hydrogen-bond donors (Lipinski definition) is 0. The summed E-state index contributed by atoms with van der Waals surface area (Å²) in [6, 6.07) is 9.50. The summed E-state index contributed by atoms with van der Waals surface area (Å²) in [7, 11) is -3.18. The number of hydrogen-bond acceptors (Lipinski definition) is 5. The molecule has 0 radical (unpaired) electrons. The van der Waals surface area contributed by atoms with E-state index in [0.717, 1.165) is 16.3 Å². The summed E-state index contributed by atoms with van der Waals surface area (Å²) >= 11 is 0. The van der Waals surface area contributed by atoms with Gasteiger partial charge in [-0.2, -0.15) is 4.31 Å². The van der Waals surface area contributed by atoms with E-state index >= 15 is 0 Å². The fourth-order valence-electron chi connectivity index (χ4n) is 3.47. The first-order valence-electron chi connectivity index (χ1n) is 9.89. The Labute approximate surface area is 175 Å². The van der Waals surface area contributed by atoms with Gasteiger partial charge in [0, 0.05) is 31.5 Å². The lowest BCUT2D eigenvalue weighted by molar-refractivity contribution is 0.316. The number of aromatic nitrogens is 1. The number of benzene rings is 1. The molecule has 2 aromatic heterocycles. The van der Waals surface area contributed by atoms with Gasteiger partial charge in [0.2, 0.25) is 21.2 Å². The highest BCUT2D eigenvalue weighted by Gasteiger charge is 2.22. The number of rotatable bonds is 7. The summed E-state index contributed by atoms with van der Waals surface area (Å²) < 4.78 is 38.5. The average Bonchev–Trinajstić information content (AvgIpc) is 3.16. The van der Waals surface area contributed by atoms with Gasteiger partial charge in [-0.3, -0.25) is 4.79 Å². The van der Waals surface area contributed by atoms with Gasteiger partial charge in [-0.1, -0.05) is 30.3 Å². The quantitative estimate of drug-likeness (QED) is 0.541. The maximum atomic E-state index is 12.4. The molecule has 3 aromatic rings. The van der Waals surface area contributed by atoms with Crippen molar-refractivity contribution in [2.75, 3.05) is 25.4 Å². The molecular weight excluding hydrogens is 404 g/mol. The molecule has 0 aliphatic carbocycles. The molecule has 0 fully saturated rings. The van der Waals surface area contributed by atoms with E-state index in [-0.39, 0.29) is 23.5 Å². The van der Waals surface area contributed by atoms with Gasteiger partial charge in [0.05, 0.1) is 12.3 Å². The zero-order chi connectivity index (χ0) is 21.1. The van der Waals surface area contributed by atoms with Crippen LogP contribution in [0, 0.1) is 0 Å². The number of fused-ring (bicyclic) bond motifs is 1. The third-order valence-corrected chi connectivity index (χ3v) is 7.08. The van der Waals surface area contributed by atoms with Gasteiger partial charge in [0.15, 0.2) is 0 Å². The van der Waals surface area contributed by atoms with Crippen molar-refractivity contribution in [2.24, 2.45) is 0 Å². The minimum absolute atomic E-state index is 0.0963. The maximum absolute atomic E-state index is 12.4. The van der Waals surface area contributed by atoms with Crippen LogP contribution in [0.1, 0.15) is 19.1 Å². The summed E-state index contributed by atoms with van der Waals surface area (Å²) in [5.74, 6) is 0.796. The fraction of sp³-hybridized carbons (Fsp3) is 0.318. The molecule has 0 amide bonds. The lowest BCUT2D eigenvalue weighted by Crippen LogP contribution is -2.36. The minimum Gasteiger partial charge on any atom is -0.482 e. The van der Waals surface area contributed by atoms with Crippen molar-refractivity contribution in [3.63, 3.8) is 0 Å². The SMILES string of the molecule is CCS(=O)(=O)N1CC=C(COc2coc(Cn3cc4ccccc4c3)cc2=O)CC1. The Morgan fingerprint density at radius 3 is 2.50 bits per heavy atom. The molecule has 0 unspecified atom stereocenters. The number of sulfonamides is 1. The second kappa shape index (κ2) is 8.49. The average molecular weight is 429 g/mol. The van der Waals surface area contributed by atoms with Crippen LogP contribution < -0.4 is 10.2 Å². The molecule has 0 atom stereocenters. The van der Waals surface area contributed by atoms with Crippen LogP contribution in [-0.2, 0) is 16.6 Å². The van der Waals surface area contributed by atoms with E-state index in [9.17, 15) is 13.2 Å². The van der Waals surface area contributed by atoms with Gasteiger partial charge in [-0.15, -0.1) is 0 Å². The normalized spacial score (nSPS) is 15.3. The van der Waals surface area contributed by atoms with Crippen LogP contribution in [0.15, 0.2) is 69.8 Å². The third kappa shape index (κ3) is 4.49. The Hall–Kier alpha value is -2.84. The molecule has 0 spiro atoms. The minimum atomic E-state index is -3.18. The molecule has 0 N–H and O–H groups in total. The zero-order valence-electron chi connectivity index (χ0n) is 16.8. The van der Waals surface area contributed by atoms with Crippen LogP contribution in [0.3, 0.4) is 0 Å². The Kier molecular flexibility index (Phi) is 5.78. The highest BCUT2D eigenvalue weighted by atomic mass is 32.2. The van der Waals surface area contributed by atoms with Crippen molar-refractivity contribution >= 4 is 20.8 Å². The van der Waals surface area contributed by atoms with Crippen LogP contribution >= 0.6 is 0 Å². The van der Waals surface area contributed by atoms with Gasteiger partial charge >= 0.3 is 0 Å². The number of ether oxygens (including phenoxy) is 1. The monoisotopic (exact) mass is 428 g/mol. The van der Waals surface area contributed by atoms with Gasteiger partial charge in [-0.25, -0.2) is 8.42 Å². The fourth-order valence-corrected chi connectivity index (χ4v) is 4.50. The van der Waals surface area contributed by atoms with Crippen molar-refractivity contribution in [1.82, 2.24) is 8.87 Å². The smallest absolute Gasteiger partial charge is 0.227 e. The Balaban J connectivity index is 1.37. The number of nitrogens with zero attached hydrogens (tertiary/aromatic N) is 2. The Morgan fingerprint density at radius 1 is 1.17 bits per heavy atom. The van der Waals surface area contributed by atoms with Crippen molar-refractivity contribution in [1.29, 1.82) is 0 Å². The summed E-state index contributed by atoms with van der Waals surface area (Å²) in [5, 5.41) is 2.26. The Bertz CT molecular complexity index is 1210. The molecule has 1 aliphatic rings. The molecule has 1 aliphatic heterocycles. The van der Waals surface area contributed by atoms with Crippen molar-refractivity contribution in [3.8, 4) is 5.75 Å². The first-order chi connectivity index (χ1) is 14.4. The second-order valence-corrected chi connectivity index (χ2v) is 9.55. The molecule has 158 valence electrons. The van der Waals surface area contributed by atoms with Crippen LogP contribution in [0.2, 0.25) is 0 Å². The second-order valence-electron chi connectivity index (χ2n) is 7.29. The van der Waals surface area contributed by atoms with Crippen LogP contribution in [-0.4, -0.2) is 42.7 Å². The molecule has 0 bridgehead atoms. The third-order valence-electron chi connectivity index (χ3n) is 5.23.